The van der Waals surface area contributed by atoms with Crippen LogP contribution in [0.3, 0.4) is 0 Å². The van der Waals surface area contributed by atoms with E-state index in [4.69, 9.17) is 12.2 Å². The zero-order chi connectivity index (χ0) is 11.1. The molecule has 0 spiro atoms. The van der Waals surface area contributed by atoms with Crippen LogP contribution in [0.2, 0.25) is 0 Å². The predicted octanol–water partition coefficient (Wildman–Crippen LogP) is 2.31. The highest BCUT2D eigenvalue weighted by molar-refractivity contribution is 7.80. The molecule has 82 valence electrons. The van der Waals surface area contributed by atoms with Gasteiger partial charge in [-0.2, -0.15) is 0 Å². The summed E-state index contributed by atoms with van der Waals surface area (Å²) in [4.78, 5) is 0. The summed E-state index contributed by atoms with van der Waals surface area (Å²) < 4.78 is 0. The molecule has 0 bridgehead atoms. The highest BCUT2D eigenvalue weighted by atomic mass is 32.1. The molecule has 0 saturated heterocycles. The summed E-state index contributed by atoms with van der Waals surface area (Å²) >= 11 is 5.15. The Morgan fingerprint density at radius 1 is 1.20 bits per heavy atom. The van der Waals surface area contributed by atoms with E-state index in [-0.39, 0.29) is 0 Å². The van der Waals surface area contributed by atoms with Gasteiger partial charge in [-0.3, -0.25) is 0 Å². The maximum atomic E-state index is 5.15. The second-order valence-corrected chi connectivity index (χ2v) is 4.35. The number of nitrogens with one attached hydrogen (secondary N) is 2. The van der Waals surface area contributed by atoms with E-state index >= 15 is 0 Å². The molecule has 0 aliphatic heterocycles. The van der Waals surface area contributed by atoms with Crippen molar-refractivity contribution in [3.05, 3.63) is 35.9 Å². The lowest BCUT2D eigenvalue weighted by molar-refractivity contribution is 0.619. The largest absolute Gasteiger partial charge is 0.362 e. The first kappa shape index (κ1) is 12.0. The Bertz CT molecular complexity index is 296. The molecule has 0 atom stereocenters. The van der Waals surface area contributed by atoms with Gasteiger partial charge in [0, 0.05) is 13.1 Å². The Labute approximate surface area is 97.1 Å². The van der Waals surface area contributed by atoms with Gasteiger partial charge >= 0.3 is 0 Å². The summed E-state index contributed by atoms with van der Waals surface area (Å²) in [5.74, 6) is 0.612. The van der Waals surface area contributed by atoms with Crippen LogP contribution in [-0.2, 0) is 6.54 Å². The number of benzene rings is 1. The third-order valence-electron chi connectivity index (χ3n) is 1.97. The van der Waals surface area contributed by atoms with Gasteiger partial charge in [0.2, 0.25) is 0 Å². The van der Waals surface area contributed by atoms with Crippen molar-refractivity contribution in [1.82, 2.24) is 10.6 Å². The van der Waals surface area contributed by atoms with Crippen LogP contribution in [0.15, 0.2) is 30.3 Å². The lowest BCUT2D eigenvalue weighted by atomic mass is 10.2. The maximum absolute atomic E-state index is 5.15. The van der Waals surface area contributed by atoms with Crippen LogP contribution in [0, 0.1) is 5.92 Å². The third kappa shape index (κ3) is 5.37. The molecule has 0 aromatic heterocycles. The van der Waals surface area contributed by atoms with Crippen LogP contribution < -0.4 is 10.6 Å². The van der Waals surface area contributed by atoms with Gasteiger partial charge < -0.3 is 10.6 Å². The lowest BCUT2D eigenvalue weighted by Gasteiger charge is -2.11. The van der Waals surface area contributed by atoms with E-state index in [0.29, 0.717) is 5.92 Å². The molecule has 0 heterocycles. The minimum atomic E-state index is 0.612. The minimum absolute atomic E-state index is 0.612. The van der Waals surface area contributed by atoms with Gasteiger partial charge in [-0.05, 0) is 23.7 Å². The Morgan fingerprint density at radius 2 is 1.87 bits per heavy atom. The van der Waals surface area contributed by atoms with E-state index in [2.05, 4.69) is 36.6 Å². The van der Waals surface area contributed by atoms with E-state index in [1.54, 1.807) is 0 Å². The van der Waals surface area contributed by atoms with E-state index in [1.165, 1.54) is 5.56 Å². The van der Waals surface area contributed by atoms with Crippen molar-refractivity contribution in [2.24, 2.45) is 5.92 Å². The van der Waals surface area contributed by atoms with Crippen molar-refractivity contribution < 1.29 is 0 Å². The van der Waals surface area contributed by atoms with Gasteiger partial charge in [-0.1, -0.05) is 44.2 Å². The maximum Gasteiger partial charge on any atom is 0.166 e. The van der Waals surface area contributed by atoms with Crippen LogP contribution in [0.5, 0.6) is 0 Å². The zero-order valence-corrected chi connectivity index (χ0v) is 10.1. The summed E-state index contributed by atoms with van der Waals surface area (Å²) in [6, 6.07) is 10.2. The van der Waals surface area contributed by atoms with Gasteiger partial charge in [0.05, 0.1) is 0 Å². The van der Waals surface area contributed by atoms with E-state index in [1.807, 2.05) is 18.2 Å². The standard InChI is InChI=1S/C12H18N2S/c1-10(2)8-13-12(15)14-9-11-6-4-3-5-7-11/h3-7,10H,8-9H2,1-2H3,(H2,13,14,15). The first-order chi connectivity index (χ1) is 7.18. The molecule has 0 fully saturated rings. The van der Waals surface area contributed by atoms with Crippen molar-refractivity contribution in [3.8, 4) is 0 Å². The first-order valence-electron chi connectivity index (χ1n) is 5.24. The first-order valence-corrected chi connectivity index (χ1v) is 5.65. The second kappa shape index (κ2) is 6.40. The van der Waals surface area contributed by atoms with Crippen molar-refractivity contribution in [3.63, 3.8) is 0 Å². The molecule has 1 aromatic rings. The normalized spacial score (nSPS) is 10.1. The molecule has 2 N–H and O–H groups in total. The molecule has 15 heavy (non-hydrogen) atoms. The van der Waals surface area contributed by atoms with Crippen LogP contribution >= 0.6 is 12.2 Å². The summed E-state index contributed by atoms with van der Waals surface area (Å²) in [6.45, 7) is 6.02. The Balaban J connectivity index is 2.23. The second-order valence-electron chi connectivity index (χ2n) is 3.94. The van der Waals surface area contributed by atoms with Crippen molar-refractivity contribution in [2.75, 3.05) is 6.54 Å². The molecule has 0 saturated carbocycles. The monoisotopic (exact) mass is 222 g/mol. The minimum Gasteiger partial charge on any atom is -0.362 e. The molecular weight excluding hydrogens is 204 g/mol. The molecular formula is C12H18N2S. The Kier molecular flexibility index (Phi) is 5.12. The van der Waals surface area contributed by atoms with Crippen LogP contribution in [-0.4, -0.2) is 11.7 Å². The number of hydrogen-bond acceptors (Lipinski definition) is 1. The summed E-state index contributed by atoms with van der Waals surface area (Å²) in [7, 11) is 0. The van der Waals surface area contributed by atoms with Crippen molar-refractivity contribution in [2.45, 2.75) is 20.4 Å². The smallest absolute Gasteiger partial charge is 0.166 e. The SMILES string of the molecule is CC(C)CNC(=S)NCc1ccccc1. The van der Waals surface area contributed by atoms with Gasteiger partial charge in [-0.15, -0.1) is 0 Å². The quantitative estimate of drug-likeness (QED) is 0.764. The van der Waals surface area contributed by atoms with Crippen LogP contribution in [0.1, 0.15) is 19.4 Å². The molecule has 1 rings (SSSR count). The highest BCUT2D eigenvalue weighted by Gasteiger charge is 1.97. The third-order valence-corrected chi connectivity index (χ3v) is 2.26. The number of rotatable bonds is 4. The van der Waals surface area contributed by atoms with Gasteiger partial charge in [0.25, 0.3) is 0 Å². The number of hydrogen-bond donors (Lipinski definition) is 2. The number of thiocarbonyl (C=S) groups is 1. The van der Waals surface area contributed by atoms with E-state index in [0.717, 1.165) is 18.2 Å². The average Bonchev–Trinajstić information content (AvgIpc) is 2.25. The fraction of sp³-hybridized carbons (Fsp3) is 0.417. The van der Waals surface area contributed by atoms with Gasteiger partial charge in [0.15, 0.2) is 5.11 Å². The molecule has 0 aliphatic carbocycles. The van der Waals surface area contributed by atoms with Gasteiger partial charge in [0.1, 0.15) is 0 Å². The summed E-state index contributed by atoms with van der Waals surface area (Å²) in [5.41, 5.74) is 1.24. The molecule has 0 radical (unpaired) electrons. The zero-order valence-electron chi connectivity index (χ0n) is 9.29. The topological polar surface area (TPSA) is 24.1 Å². The van der Waals surface area contributed by atoms with Gasteiger partial charge in [-0.25, -0.2) is 0 Å². The van der Waals surface area contributed by atoms with Crippen LogP contribution in [0.25, 0.3) is 0 Å². The Hall–Kier alpha value is -1.09. The molecule has 0 aliphatic rings. The summed E-state index contributed by atoms with van der Waals surface area (Å²) in [5, 5.41) is 7.08. The predicted molar refractivity (Wildman–Crippen MR) is 68.7 cm³/mol. The molecule has 0 amide bonds. The molecule has 3 heteroatoms. The highest BCUT2D eigenvalue weighted by Crippen LogP contribution is 1.96. The fourth-order valence-corrected chi connectivity index (χ4v) is 1.29. The molecule has 2 nitrogen and oxygen atoms in total. The van der Waals surface area contributed by atoms with E-state index < -0.39 is 0 Å². The van der Waals surface area contributed by atoms with Crippen LogP contribution in [0.4, 0.5) is 0 Å². The van der Waals surface area contributed by atoms with E-state index in [9.17, 15) is 0 Å². The summed E-state index contributed by atoms with van der Waals surface area (Å²) in [6.07, 6.45) is 0. The van der Waals surface area contributed by atoms with Crippen molar-refractivity contribution >= 4 is 17.3 Å². The molecule has 0 unspecified atom stereocenters. The lowest BCUT2D eigenvalue weighted by Crippen LogP contribution is -2.36. The van der Waals surface area contributed by atoms with Crippen molar-refractivity contribution in [1.29, 1.82) is 0 Å². The Morgan fingerprint density at radius 3 is 2.47 bits per heavy atom. The fourth-order valence-electron chi connectivity index (χ4n) is 1.14. The average molecular weight is 222 g/mol. The molecule has 1 aromatic carbocycles.